The third-order valence-corrected chi connectivity index (χ3v) is 7.68. The molecule has 0 bridgehead atoms. The average molecular weight is 571 g/mol. The highest BCUT2D eigenvalue weighted by Gasteiger charge is 2.66. The summed E-state index contributed by atoms with van der Waals surface area (Å²) in [6.45, 7) is 7.39. The van der Waals surface area contributed by atoms with Gasteiger partial charge in [0.1, 0.15) is 11.8 Å². The van der Waals surface area contributed by atoms with Gasteiger partial charge in [-0.3, -0.25) is 14.6 Å². The monoisotopic (exact) mass is 570 g/mol. The largest absolute Gasteiger partial charge is 0.493 e. The van der Waals surface area contributed by atoms with Gasteiger partial charge < -0.3 is 25.0 Å². The van der Waals surface area contributed by atoms with Crippen molar-refractivity contribution in [1.29, 1.82) is 0 Å². The third kappa shape index (κ3) is 5.36. The second kappa shape index (κ2) is 10.6. The van der Waals surface area contributed by atoms with Crippen LogP contribution < -0.4 is 15.4 Å². The zero-order valence-corrected chi connectivity index (χ0v) is 22.7. The molecule has 2 aliphatic heterocycles. The minimum atomic E-state index is -4.89. The Balaban J connectivity index is 1.65. The lowest BCUT2D eigenvalue weighted by molar-refractivity contribution is -0.272. The number of rotatable bonds is 5. The fourth-order valence-corrected chi connectivity index (χ4v) is 5.36. The molecule has 40 heavy (non-hydrogen) atoms. The number of nitrogens with zero attached hydrogens (tertiary/aromatic N) is 2. The first kappa shape index (κ1) is 29.7. The van der Waals surface area contributed by atoms with Crippen molar-refractivity contribution in [3.05, 3.63) is 53.4 Å². The molecule has 0 spiro atoms. The van der Waals surface area contributed by atoms with Crippen molar-refractivity contribution in [3.63, 3.8) is 0 Å². The number of hydrogen-bond acceptors (Lipinski definition) is 6. The Morgan fingerprint density at radius 3 is 2.52 bits per heavy atom. The minimum Gasteiger partial charge on any atom is -0.493 e. The summed E-state index contributed by atoms with van der Waals surface area (Å²) in [5.41, 5.74) is -3.10. The van der Waals surface area contributed by atoms with E-state index in [-0.39, 0.29) is 28.4 Å². The number of carbonyl (C=O) groups is 2. The summed E-state index contributed by atoms with van der Waals surface area (Å²) >= 11 is 0. The predicted molar refractivity (Wildman–Crippen MR) is 135 cm³/mol. The van der Waals surface area contributed by atoms with E-state index < -0.39 is 53.0 Å². The van der Waals surface area contributed by atoms with Crippen LogP contribution in [0.15, 0.2) is 30.5 Å². The molecular weight excluding hydrogens is 539 g/mol. The van der Waals surface area contributed by atoms with Gasteiger partial charge in [-0.2, -0.15) is 17.6 Å². The number of nitrogens with one attached hydrogen (secondary N) is 2. The Bertz CT molecular complexity index is 1300. The summed E-state index contributed by atoms with van der Waals surface area (Å²) in [7, 11) is 1.05. The second-order valence-corrected chi connectivity index (χ2v) is 10.9. The minimum absolute atomic E-state index is 0.0372. The number of halogens is 5. The first-order valence-corrected chi connectivity index (χ1v) is 12.7. The standard InChI is InChI=1S/C27H31F5N4O4/c1-14-19(16-6-7-17(28)20(29)21(16)39-5)22(40-26(14,4)27(30,31)32)23(37)35-15-8-9-33-18(12-15)24(38)36-11-10-34-25(2,3)13-36/h6-9,12,14,19,22,34H,10-11,13H2,1-5H3,(H,33,35,37)/t14-,19-,22+,26+/m0/s1. The molecule has 3 heterocycles. The van der Waals surface area contributed by atoms with E-state index >= 15 is 0 Å². The van der Waals surface area contributed by atoms with Crippen molar-refractivity contribution in [1.82, 2.24) is 15.2 Å². The molecule has 4 atom stereocenters. The van der Waals surface area contributed by atoms with Crippen LogP contribution in [-0.4, -0.2) is 71.9 Å². The van der Waals surface area contributed by atoms with Crippen LogP contribution in [0.3, 0.4) is 0 Å². The molecule has 2 saturated heterocycles. The SMILES string of the molecule is COc1c([C@H]2[C@H](C(=O)Nc3ccnc(C(=O)N4CCNC(C)(C)C4)c3)O[C@@](C)(C(F)(F)F)[C@H]2C)ccc(F)c1F. The first-order chi connectivity index (χ1) is 18.6. The maximum Gasteiger partial charge on any atom is 0.417 e. The van der Waals surface area contributed by atoms with E-state index in [4.69, 9.17) is 9.47 Å². The Hall–Kier alpha value is -3.32. The molecule has 2 N–H and O–H groups in total. The molecule has 0 saturated carbocycles. The van der Waals surface area contributed by atoms with Gasteiger partial charge in [0, 0.05) is 54.5 Å². The van der Waals surface area contributed by atoms with Crippen molar-refractivity contribution in [2.24, 2.45) is 5.92 Å². The summed E-state index contributed by atoms with van der Waals surface area (Å²) in [6, 6.07) is 4.55. The zero-order valence-electron chi connectivity index (χ0n) is 22.7. The maximum absolute atomic E-state index is 14.6. The Morgan fingerprint density at radius 1 is 1.20 bits per heavy atom. The Labute approximate surface area is 228 Å². The Morgan fingerprint density at radius 2 is 1.90 bits per heavy atom. The third-order valence-electron chi connectivity index (χ3n) is 7.68. The molecule has 1 aromatic carbocycles. The highest BCUT2D eigenvalue weighted by molar-refractivity contribution is 5.98. The fourth-order valence-electron chi connectivity index (χ4n) is 5.36. The van der Waals surface area contributed by atoms with Crippen molar-refractivity contribution in [2.75, 3.05) is 32.1 Å². The van der Waals surface area contributed by atoms with Crippen LogP contribution in [0.25, 0.3) is 0 Å². The fraction of sp³-hybridized carbons (Fsp3) is 0.519. The lowest BCUT2D eigenvalue weighted by Crippen LogP contribution is -2.58. The normalized spacial score (nSPS) is 26.4. The van der Waals surface area contributed by atoms with E-state index in [9.17, 15) is 31.5 Å². The molecule has 4 rings (SSSR count). The zero-order chi connectivity index (χ0) is 29.6. The van der Waals surface area contributed by atoms with Crippen LogP contribution in [0.5, 0.6) is 5.75 Å². The van der Waals surface area contributed by atoms with E-state index in [0.717, 1.165) is 26.2 Å². The predicted octanol–water partition coefficient (Wildman–Crippen LogP) is 4.27. The summed E-state index contributed by atoms with van der Waals surface area (Å²) in [6.07, 6.45) is -5.36. The molecule has 8 nitrogen and oxygen atoms in total. The Kier molecular flexibility index (Phi) is 7.85. The van der Waals surface area contributed by atoms with Crippen LogP contribution >= 0.6 is 0 Å². The number of amides is 2. The molecule has 2 aromatic rings. The number of anilines is 1. The number of piperazine rings is 1. The molecule has 2 amide bonds. The molecule has 13 heteroatoms. The molecular formula is C27H31F5N4O4. The smallest absolute Gasteiger partial charge is 0.417 e. The van der Waals surface area contributed by atoms with Crippen LogP contribution in [0, 0.1) is 17.6 Å². The molecule has 0 aliphatic carbocycles. The van der Waals surface area contributed by atoms with Gasteiger partial charge in [0.25, 0.3) is 11.8 Å². The average Bonchev–Trinajstić information content (AvgIpc) is 3.16. The molecule has 1 aromatic heterocycles. The lowest BCUT2D eigenvalue weighted by atomic mass is 9.77. The van der Waals surface area contributed by atoms with Gasteiger partial charge in [0.05, 0.1) is 7.11 Å². The lowest BCUT2D eigenvalue weighted by Gasteiger charge is -2.39. The second-order valence-electron chi connectivity index (χ2n) is 10.9. The first-order valence-electron chi connectivity index (χ1n) is 12.7. The molecule has 0 radical (unpaired) electrons. The van der Waals surface area contributed by atoms with Crippen molar-refractivity contribution in [3.8, 4) is 5.75 Å². The number of alkyl halides is 3. The maximum atomic E-state index is 14.6. The van der Waals surface area contributed by atoms with Gasteiger partial charge in [0.15, 0.2) is 17.2 Å². The highest BCUT2D eigenvalue weighted by atomic mass is 19.4. The highest BCUT2D eigenvalue weighted by Crippen LogP contribution is 2.55. The van der Waals surface area contributed by atoms with E-state index in [1.807, 2.05) is 13.8 Å². The van der Waals surface area contributed by atoms with E-state index in [1.54, 1.807) is 4.90 Å². The summed E-state index contributed by atoms with van der Waals surface area (Å²) in [5.74, 6) is -7.35. The number of methoxy groups -OCH3 is 1. The molecule has 218 valence electrons. The topological polar surface area (TPSA) is 92.8 Å². The number of carbonyl (C=O) groups excluding carboxylic acids is 2. The van der Waals surface area contributed by atoms with Crippen LogP contribution in [0.4, 0.5) is 27.6 Å². The molecule has 2 fully saturated rings. The molecule has 2 aliphatic rings. The summed E-state index contributed by atoms with van der Waals surface area (Å²) in [4.78, 5) is 32.2. The number of ether oxygens (including phenoxy) is 2. The molecule has 0 unspecified atom stereocenters. The number of aromatic nitrogens is 1. The van der Waals surface area contributed by atoms with Crippen molar-refractivity contribution < 1.29 is 41.0 Å². The van der Waals surface area contributed by atoms with E-state index in [1.165, 1.54) is 25.3 Å². The van der Waals surface area contributed by atoms with Crippen molar-refractivity contribution >= 4 is 17.5 Å². The summed E-state index contributed by atoms with van der Waals surface area (Å²) < 4.78 is 81.4. The van der Waals surface area contributed by atoms with Gasteiger partial charge in [0.2, 0.25) is 5.82 Å². The summed E-state index contributed by atoms with van der Waals surface area (Å²) in [5, 5.41) is 5.81. The number of hydrogen-bond donors (Lipinski definition) is 2. The number of benzene rings is 1. The van der Waals surface area contributed by atoms with Gasteiger partial charge in [-0.15, -0.1) is 0 Å². The van der Waals surface area contributed by atoms with Crippen molar-refractivity contribution in [2.45, 2.75) is 57.0 Å². The van der Waals surface area contributed by atoms with Crippen LogP contribution in [0.1, 0.15) is 49.7 Å². The van der Waals surface area contributed by atoms with Gasteiger partial charge >= 0.3 is 6.18 Å². The number of pyridine rings is 1. The van der Waals surface area contributed by atoms with E-state index in [0.29, 0.717) is 19.6 Å². The van der Waals surface area contributed by atoms with E-state index in [2.05, 4.69) is 15.6 Å². The quantitative estimate of drug-likeness (QED) is 0.522. The van der Waals surface area contributed by atoms with Gasteiger partial charge in [-0.05, 0) is 39.0 Å². The van der Waals surface area contributed by atoms with Crippen LogP contribution in [0.2, 0.25) is 0 Å². The van der Waals surface area contributed by atoms with Gasteiger partial charge in [-0.1, -0.05) is 13.0 Å². The van der Waals surface area contributed by atoms with Gasteiger partial charge in [-0.25, -0.2) is 4.39 Å². The van der Waals surface area contributed by atoms with Crippen LogP contribution in [-0.2, 0) is 9.53 Å².